The van der Waals surface area contributed by atoms with E-state index in [0.29, 0.717) is 16.5 Å². The van der Waals surface area contributed by atoms with Crippen molar-refractivity contribution in [2.75, 3.05) is 0 Å². The maximum Gasteiger partial charge on any atom is 0.259 e. The molecule has 23 heavy (non-hydrogen) atoms. The van der Waals surface area contributed by atoms with Crippen LogP contribution in [-0.2, 0) is 0 Å². The number of nitriles is 1. The van der Waals surface area contributed by atoms with Gasteiger partial charge in [-0.15, -0.1) is 0 Å². The number of nitrogens with one attached hydrogen (secondary N) is 1. The van der Waals surface area contributed by atoms with Crippen molar-refractivity contribution in [1.29, 1.82) is 5.26 Å². The zero-order valence-corrected chi connectivity index (χ0v) is 13.3. The average Bonchev–Trinajstić information content (AvgIpc) is 2.55. The maximum absolute atomic E-state index is 12.1. The van der Waals surface area contributed by atoms with Crippen LogP contribution in [0.5, 0.6) is 0 Å². The molecule has 0 spiro atoms. The highest BCUT2D eigenvalue weighted by Gasteiger charge is 2.14. The molecule has 0 aliphatic heterocycles. The van der Waals surface area contributed by atoms with Gasteiger partial charge in [0.25, 0.3) is 5.56 Å². The minimum atomic E-state index is -0.361. The summed E-state index contributed by atoms with van der Waals surface area (Å²) in [5.41, 5.74) is 0.458. The summed E-state index contributed by atoms with van der Waals surface area (Å²) in [6.45, 7) is 0. The first-order valence-electron chi connectivity index (χ1n) is 6.69. The van der Waals surface area contributed by atoms with E-state index in [1.165, 1.54) is 0 Å². The van der Waals surface area contributed by atoms with Crippen LogP contribution in [0.1, 0.15) is 11.4 Å². The molecule has 0 saturated carbocycles. The Bertz CT molecular complexity index is 1030. The number of rotatable bonds is 2. The first-order valence-corrected chi connectivity index (χ1v) is 7.48. The lowest BCUT2D eigenvalue weighted by atomic mass is 10.1. The van der Waals surface area contributed by atoms with Crippen molar-refractivity contribution in [2.24, 2.45) is 0 Å². The lowest BCUT2D eigenvalue weighted by Crippen LogP contribution is -2.11. The van der Waals surface area contributed by atoms with Gasteiger partial charge in [-0.3, -0.25) is 4.79 Å². The molecule has 0 saturated heterocycles. The number of halogens is 1. The summed E-state index contributed by atoms with van der Waals surface area (Å²) in [6, 6.07) is 15.6. The van der Waals surface area contributed by atoms with Gasteiger partial charge < -0.3 is 10.1 Å². The first kappa shape index (κ1) is 15.0. The Morgan fingerprint density at radius 3 is 2.74 bits per heavy atom. The molecule has 0 fully saturated rings. The number of nitrogens with zero attached hydrogens (tertiary/aromatic N) is 2. The number of benzene rings is 2. The number of fused-ring (bicyclic) bond motifs is 1. The van der Waals surface area contributed by atoms with Gasteiger partial charge in [0.2, 0.25) is 0 Å². The Balaban J connectivity index is 2.24. The SMILES string of the molecule is N#CC(=C(O)c1cccc(Br)c1)c1nc2ccccc2c(=O)[nH]1. The molecule has 0 unspecified atom stereocenters. The third-order valence-electron chi connectivity index (χ3n) is 3.30. The molecule has 0 amide bonds. The van der Waals surface area contributed by atoms with Crippen molar-refractivity contribution in [3.8, 4) is 6.07 Å². The zero-order chi connectivity index (χ0) is 16.4. The third-order valence-corrected chi connectivity index (χ3v) is 3.79. The van der Waals surface area contributed by atoms with Crippen LogP contribution in [0.15, 0.2) is 57.8 Å². The number of aliphatic hydroxyl groups is 1. The van der Waals surface area contributed by atoms with Crippen molar-refractivity contribution < 1.29 is 5.11 Å². The molecule has 1 heterocycles. The molecule has 112 valence electrons. The van der Waals surface area contributed by atoms with Crippen LogP contribution >= 0.6 is 15.9 Å². The van der Waals surface area contributed by atoms with Gasteiger partial charge in [0.15, 0.2) is 5.82 Å². The molecule has 0 aliphatic rings. The van der Waals surface area contributed by atoms with Crippen LogP contribution in [-0.4, -0.2) is 15.1 Å². The number of allylic oxidation sites excluding steroid dienone is 1. The number of aromatic amines is 1. The van der Waals surface area contributed by atoms with E-state index in [9.17, 15) is 15.2 Å². The summed E-state index contributed by atoms with van der Waals surface area (Å²) in [6.07, 6.45) is 0. The lowest BCUT2D eigenvalue weighted by molar-refractivity contribution is 0.513. The number of hydrogen-bond acceptors (Lipinski definition) is 4. The summed E-state index contributed by atoms with van der Waals surface area (Å²) in [5.74, 6) is -0.207. The molecule has 2 aromatic carbocycles. The van der Waals surface area contributed by atoms with E-state index in [2.05, 4.69) is 25.9 Å². The van der Waals surface area contributed by atoms with Crippen molar-refractivity contribution in [2.45, 2.75) is 0 Å². The highest BCUT2D eigenvalue weighted by atomic mass is 79.9. The predicted molar refractivity (Wildman–Crippen MR) is 91.6 cm³/mol. The van der Waals surface area contributed by atoms with Crippen LogP contribution in [0.2, 0.25) is 0 Å². The van der Waals surface area contributed by atoms with Crippen molar-refractivity contribution >= 4 is 38.2 Å². The van der Waals surface area contributed by atoms with Gasteiger partial charge in [0, 0.05) is 10.0 Å². The molecule has 2 N–H and O–H groups in total. The summed E-state index contributed by atoms with van der Waals surface area (Å²) in [4.78, 5) is 18.9. The third kappa shape index (κ3) is 2.87. The lowest BCUT2D eigenvalue weighted by Gasteiger charge is -2.06. The van der Waals surface area contributed by atoms with Crippen LogP contribution in [0, 0.1) is 11.3 Å². The van der Waals surface area contributed by atoms with E-state index in [-0.39, 0.29) is 22.7 Å². The Kier molecular flexibility index (Phi) is 3.96. The topological polar surface area (TPSA) is 89.8 Å². The van der Waals surface area contributed by atoms with Gasteiger partial charge in [0.1, 0.15) is 17.4 Å². The fourth-order valence-corrected chi connectivity index (χ4v) is 2.60. The fraction of sp³-hybridized carbons (Fsp3) is 0. The van der Waals surface area contributed by atoms with Gasteiger partial charge in [-0.25, -0.2) is 4.98 Å². The summed E-state index contributed by atoms with van der Waals surface area (Å²) >= 11 is 3.31. The Morgan fingerprint density at radius 1 is 1.22 bits per heavy atom. The van der Waals surface area contributed by atoms with Gasteiger partial charge >= 0.3 is 0 Å². The number of H-pyrrole nitrogens is 1. The van der Waals surface area contributed by atoms with Gasteiger partial charge in [0.05, 0.1) is 10.9 Å². The van der Waals surface area contributed by atoms with Crippen LogP contribution < -0.4 is 5.56 Å². The van der Waals surface area contributed by atoms with Crippen LogP contribution in [0.25, 0.3) is 22.2 Å². The normalized spacial score (nSPS) is 11.8. The van der Waals surface area contributed by atoms with E-state index in [4.69, 9.17) is 0 Å². The highest BCUT2D eigenvalue weighted by Crippen LogP contribution is 2.24. The van der Waals surface area contributed by atoms with Gasteiger partial charge in [-0.1, -0.05) is 40.2 Å². The molecule has 3 rings (SSSR count). The minimum Gasteiger partial charge on any atom is -0.506 e. The Labute approximate surface area is 139 Å². The number of aromatic nitrogens is 2. The molecule has 1 aromatic heterocycles. The van der Waals surface area contributed by atoms with E-state index in [0.717, 1.165) is 4.47 Å². The number of aliphatic hydroxyl groups excluding tert-OH is 1. The molecule has 0 atom stereocenters. The molecule has 6 heteroatoms. The Morgan fingerprint density at radius 2 is 2.00 bits per heavy atom. The van der Waals surface area contributed by atoms with Crippen LogP contribution in [0.4, 0.5) is 0 Å². The summed E-state index contributed by atoms with van der Waals surface area (Å²) in [5, 5.41) is 20.2. The summed E-state index contributed by atoms with van der Waals surface area (Å²) < 4.78 is 0.763. The van der Waals surface area contributed by atoms with E-state index < -0.39 is 0 Å². The quantitative estimate of drug-likeness (QED) is 0.534. The molecular weight excluding hydrogens is 358 g/mol. The monoisotopic (exact) mass is 367 g/mol. The second kappa shape index (κ2) is 6.07. The molecule has 0 bridgehead atoms. The zero-order valence-electron chi connectivity index (χ0n) is 11.7. The predicted octanol–water partition coefficient (Wildman–Crippen LogP) is 3.64. The highest BCUT2D eigenvalue weighted by molar-refractivity contribution is 9.10. The Hall–Kier alpha value is -2.91. The fourth-order valence-electron chi connectivity index (χ4n) is 2.20. The first-order chi connectivity index (χ1) is 11.1. The largest absolute Gasteiger partial charge is 0.506 e. The average molecular weight is 368 g/mol. The molecule has 0 radical (unpaired) electrons. The van der Waals surface area contributed by atoms with Gasteiger partial charge in [-0.2, -0.15) is 5.26 Å². The standard InChI is InChI=1S/C17H10BrN3O2/c18-11-5-3-4-10(8-11)15(22)13(9-19)16-20-14-7-2-1-6-12(14)17(23)21-16/h1-8,22H,(H,20,21,23). The van der Waals surface area contributed by atoms with Crippen molar-refractivity contribution in [1.82, 2.24) is 9.97 Å². The molecule has 3 aromatic rings. The molecular formula is C17H10BrN3O2. The van der Waals surface area contributed by atoms with Crippen LogP contribution in [0.3, 0.4) is 0 Å². The second-order valence-electron chi connectivity index (χ2n) is 4.78. The summed E-state index contributed by atoms with van der Waals surface area (Å²) in [7, 11) is 0. The maximum atomic E-state index is 12.1. The van der Waals surface area contributed by atoms with Crippen molar-refractivity contribution in [3.63, 3.8) is 0 Å². The van der Waals surface area contributed by atoms with E-state index >= 15 is 0 Å². The second-order valence-corrected chi connectivity index (χ2v) is 5.69. The molecule has 0 aliphatic carbocycles. The van der Waals surface area contributed by atoms with Crippen molar-refractivity contribution in [3.05, 3.63) is 74.7 Å². The van der Waals surface area contributed by atoms with Gasteiger partial charge in [-0.05, 0) is 24.3 Å². The van der Waals surface area contributed by atoms with E-state index in [1.807, 2.05) is 6.07 Å². The number of para-hydroxylation sites is 1. The number of hydrogen-bond donors (Lipinski definition) is 2. The van der Waals surface area contributed by atoms with E-state index in [1.54, 1.807) is 48.5 Å². The smallest absolute Gasteiger partial charge is 0.259 e. The molecule has 5 nitrogen and oxygen atoms in total. The minimum absolute atomic E-state index is 0.0358.